The Morgan fingerprint density at radius 2 is 1.29 bits per heavy atom. The lowest BCUT2D eigenvalue weighted by molar-refractivity contribution is -0.129. The van der Waals surface area contributed by atoms with Gasteiger partial charge in [0.05, 0.1) is 28.2 Å². The van der Waals surface area contributed by atoms with Gasteiger partial charge in [0.2, 0.25) is 11.8 Å². The fraction of sp³-hybridized carbons (Fsp3) is 0.148. The third-order valence-electron chi connectivity index (χ3n) is 5.76. The standard InChI is InChI=1S/C27H22Cl2N2O3/c28-18-14-15-23(21(16-18)25(32)17-8-2-1-3-9-17)30-26(33)19-10-4-5-11-20(19)27(34)31-24-13-7-6-12-22(24)29/h1-9,12-16,19-20H,10-11H2,(H,30,33)(H,31,34). The van der Waals surface area contributed by atoms with Crippen molar-refractivity contribution in [2.45, 2.75) is 12.8 Å². The number of hydrogen-bond acceptors (Lipinski definition) is 3. The summed E-state index contributed by atoms with van der Waals surface area (Å²) >= 11 is 12.3. The minimum atomic E-state index is -0.608. The number of rotatable bonds is 6. The van der Waals surface area contributed by atoms with Crippen molar-refractivity contribution < 1.29 is 14.4 Å². The number of hydrogen-bond donors (Lipinski definition) is 2. The van der Waals surface area contributed by atoms with Gasteiger partial charge in [0.15, 0.2) is 5.78 Å². The van der Waals surface area contributed by atoms with Gasteiger partial charge in [-0.1, -0.05) is 77.8 Å². The Balaban J connectivity index is 1.55. The summed E-state index contributed by atoms with van der Waals surface area (Å²) in [4.78, 5) is 39.4. The molecular weight excluding hydrogens is 471 g/mol. The molecule has 1 aliphatic carbocycles. The molecular formula is C27H22Cl2N2O3. The molecule has 0 heterocycles. The van der Waals surface area contributed by atoms with E-state index in [0.29, 0.717) is 39.8 Å². The van der Waals surface area contributed by atoms with Crippen LogP contribution in [0.5, 0.6) is 0 Å². The minimum Gasteiger partial charge on any atom is -0.325 e. The Bertz CT molecular complexity index is 1260. The van der Waals surface area contributed by atoms with E-state index in [0.717, 1.165) is 0 Å². The molecule has 34 heavy (non-hydrogen) atoms. The third kappa shape index (κ3) is 5.38. The highest BCUT2D eigenvalue weighted by atomic mass is 35.5. The molecule has 0 radical (unpaired) electrons. The van der Waals surface area contributed by atoms with Crippen LogP contribution in [-0.4, -0.2) is 17.6 Å². The monoisotopic (exact) mass is 492 g/mol. The van der Waals surface area contributed by atoms with Gasteiger partial charge >= 0.3 is 0 Å². The number of benzene rings is 3. The molecule has 0 bridgehead atoms. The number of anilines is 2. The molecule has 4 rings (SSSR count). The molecule has 0 saturated carbocycles. The lowest BCUT2D eigenvalue weighted by atomic mass is 9.81. The van der Waals surface area contributed by atoms with Crippen molar-refractivity contribution in [1.82, 2.24) is 0 Å². The van der Waals surface area contributed by atoms with Gasteiger partial charge in [0.25, 0.3) is 0 Å². The maximum atomic E-state index is 13.3. The van der Waals surface area contributed by atoms with Crippen LogP contribution in [0, 0.1) is 11.8 Å². The van der Waals surface area contributed by atoms with Gasteiger partial charge in [-0.05, 0) is 43.2 Å². The van der Waals surface area contributed by atoms with Crippen LogP contribution < -0.4 is 10.6 Å². The Morgan fingerprint density at radius 3 is 1.94 bits per heavy atom. The number of ketones is 1. The largest absolute Gasteiger partial charge is 0.325 e. The van der Waals surface area contributed by atoms with Gasteiger partial charge < -0.3 is 10.6 Å². The van der Waals surface area contributed by atoms with Gasteiger partial charge in [0, 0.05) is 16.1 Å². The molecule has 3 aromatic rings. The van der Waals surface area contributed by atoms with Gasteiger partial charge in [-0.25, -0.2) is 0 Å². The van der Waals surface area contributed by atoms with Crippen LogP contribution in [0.15, 0.2) is 84.9 Å². The summed E-state index contributed by atoms with van der Waals surface area (Å²) in [5, 5.41) is 6.50. The van der Waals surface area contributed by atoms with Crippen molar-refractivity contribution in [1.29, 1.82) is 0 Å². The first-order valence-electron chi connectivity index (χ1n) is 10.8. The quantitative estimate of drug-likeness (QED) is 0.309. The SMILES string of the molecule is O=C(c1ccccc1)c1cc(Cl)ccc1NC(=O)C1CC=CCC1C(=O)Nc1ccccc1Cl. The number of amides is 2. The second-order valence-electron chi connectivity index (χ2n) is 8.00. The molecule has 172 valence electrons. The number of nitrogens with one attached hydrogen (secondary N) is 2. The Labute approximate surface area is 207 Å². The van der Waals surface area contributed by atoms with Crippen LogP contribution in [0.3, 0.4) is 0 Å². The lowest BCUT2D eigenvalue weighted by Crippen LogP contribution is -2.37. The molecule has 2 amide bonds. The second-order valence-corrected chi connectivity index (χ2v) is 8.84. The predicted octanol–water partition coefficient (Wildman–Crippen LogP) is 6.38. The zero-order chi connectivity index (χ0) is 24.1. The van der Waals surface area contributed by atoms with E-state index in [2.05, 4.69) is 10.6 Å². The highest BCUT2D eigenvalue weighted by Crippen LogP contribution is 2.31. The van der Waals surface area contributed by atoms with E-state index in [1.54, 1.807) is 60.7 Å². The predicted molar refractivity (Wildman–Crippen MR) is 135 cm³/mol. The molecule has 0 spiro atoms. The van der Waals surface area contributed by atoms with Crippen LogP contribution >= 0.6 is 23.2 Å². The van der Waals surface area contributed by atoms with Gasteiger partial charge in [-0.2, -0.15) is 0 Å². The van der Waals surface area contributed by atoms with Crippen molar-refractivity contribution in [2.24, 2.45) is 11.8 Å². The summed E-state index contributed by atoms with van der Waals surface area (Å²) in [6.07, 6.45) is 4.61. The molecule has 2 atom stereocenters. The van der Waals surface area contributed by atoms with E-state index in [4.69, 9.17) is 23.2 Å². The van der Waals surface area contributed by atoms with Crippen LogP contribution in [0.1, 0.15) is 28.8 Å². The summed E-state index contributed by atoms with van der Waals surface area (Å²) in [6, 6.07) is 20.5. The number of allylic oxidation sites excluding steroid dienone is 2. The summed E-state index contributed by atoms with van der Waals surface area (Å²) < 4.78 is 0. The van der Waals surface area contributed by atoms with Crippen molar-refractivity contribution in [3.8, 4) is 0 Å². The maximum Gasteiger partial charge on any atom is 0.228 e. The molecule has 0 aliphatic heterocycles. The normalized spacial score (nSPS) is 17.1. The van der Waals surface area contributed by atoms with Gasteiger partial charge in [0.1, 0.15) is 0 Å². The van der Waals surface area contributed by atoms with E-state index in [1.807, 2.05) is 18.2 Å². The highest BCUT2D eigenvalue weighted by molar-refractivity contribution is 6.33. The smallest absolute Gasteiger partial charge is 0.228 e. The number of carbonyl (C=O) groups is 3. The second kappa shape index (κ2) is 10.7. The number of carbonyl (C=O) groups excluding carboxylic acids is 3. The molecule has 0 fully saturated rings. The van der Waals surface area contributed by atoms with Crippen molar-refractivity contribution in [3.63, 3.8) is 0 Å². The van der Waals surface area contributed by atoms with Gasteiger partial charge in [-0.15, -0.1) is 0 Å². The average Bonchev–Trinajstić information content (AvgIpc) is 2.86. The summed E-state index contributed by atoms with van der Waals surface area (Å²) in [6.45, 7) is 0. The van der Waals surface area contributed by atoms with E-state index < -0.39 is 11.8 Å². The van der Waals surface area contributed by atoms with Crippen LogP contribution in [-0.2, 0) is 9.59 Å². The molecule has 2 unspecified atom stereocenters. The van der Waals surface area contributed by atoms with Crippen molar-refractivity contribution in [3.05, 3.63) is 106 Å². The van der Waals surface area contributed by atoms with Crippen molar-refractivity contribution in [2.75, 3.05) is 10.6 Å². The number of halogens is 2. The fourth-order valence-corrected chi connectivity index (χ4v) is 4.32. The Morgan fingerprint density at radius 1 is 0.706 bits per heavy atom. The molecule has 0 saturated heterocycles. The first-order valence-corrected chi connectivity index (χ1v) is 11.6. The van der Waals surface area contributed by atoms with E-state index in [-0.39, 0.29) is 23.2 Å². The minimum absolute atomic E-state index is 0.255. The zero-order valence-corrected chi connectivity index (χ0v) is 19.6. The molecule has 5 nitrogen and oxygen atoms in total. The van der Waals surface area contributed by atoms with E-state index in [9.17, 15) is 14.4 Å². The van der Waals surface area contributed by atoms with Crippen LogP contribution in [0.4, 0.5) is 11.4 Å². The first-order chi connectivity index (χ1) is 16.4. The topological polar surface area (TPSA) is 75.3 Å². The third-order valence-corrected chi connectivity index (χ3v) is 6.32. The summed E-state index contributed by atoms with van der Waals surface area (Å²) in [7, 11) is 0. The van der Waals surface area contributed by atoms with Crippen LogP contribution in [0.25, 0.3) is 0 Å². The Kier molecular flexibility index (Phi) is 7.46. The molecule has 1 aliphatic rings. The van der Waals surface area contributed by atoms with Gasteiger partial charge in [-0.3, -0.25) is 14.4 Å². The highest BCUT2D eigenvalue weighted by Gasteiger charge is 2.34. The molecule has 7 heteroatoms. The fourth-order valence-electron chi connectivity index (χ4n) is 3.97. The van der Waals surface area contributed by atoms with Crippen molar-refractivity contribution >= 4 is 52.2 Å². The summed E-state index contributed by atoms with van der Waals surface area (Å²) in [5.74, 6) is -2.07. The molecule has 3 aromatic carbocycles. The lowest BCUT2D eigenvalue weighted by Gasteiger charge is -2.27. The average molecular weight is 493 g/mol. The zero-order valence-electron chi connectivity index (χ0n) is 18.1. The maximum absolute atomic E-state index is 13.3. The molecule has 2 N–H and O–H groups in total. The molecule has 0 aromatic heterocycles. The van der Waals surface area contributed by atoms with E-state index in [1.165, 1.54) is 6.07 Å². The Hall–Kier alpha value is -3.41. The summed E-state index contributed by atoms with van der Waals surface area (Å²) in [5.41, 5.74) is 1.62. The first kappa shape index (κ1) is 23.7. The van der Waals surface area contributed by atoms with Crippen LogP contribution in [0.2, 0.25) is 10.0 Å². The van der Waals surface area contributed by atoms with E-state index >= 15 is 0 Å². The number of para-hydroxylation sites is 1.